The summed E-state index contributed by atoms with van der Waals surface area (Å²) >= 11 is 0. The van der Waals surface area contributed by atoms with Crippen LogP contribution in [-0.4, -0.2) is 17.1 Å². The van der Waals surface area contributed by atoms with Crippen molar-refractivity contribution in [3.63, 3.8) is 0 Å². The van der Waals surface area contributed by atoms with Gasteiger partial charge in [-0.1, -0.05) is 66.1 Å². The van der Waals surface area contributed by atoms with Gasteiger partial charge in [0.2, 0.25) is 0 Å². The van der Waals surface area contributed by atoms with E-state index in [0.29, 0.717) is 0 Å². The smallest absolute Gasteiger partial charge is 0.304 e. The first-order valence-corrected chi connectivity index (χ1v) is 8.48. The van der Waals surface area contributed by atoms with E-state index in [1.165, 1.54) is 32.6 Å². The summed E-state index contributed by atoms with van der Waals surface area (Å²) in [6.07, 6.45) is 0. The molecule has 118 valence electrons. The minimum absolute atomic E-state index is 0.0676. The molecular weight excluding hydrogens is 305 g/mol. The van der Waals surface area contributed by atoms with Crippen molar-refractivity contribution in [2.75, 3.05) is 0 Å². The molecule has 0 atom stereocenters. The lowest BCUT2D eigenvalue weighted by Gasteiger charge is -2.08. The molecule has 4 aromatic carbocycles. The third kappa shape index (κ3) is 2.10. The van der Waals surface area contributed by atoms with Gasteiger partial charge in [0.15, 0.2) is 0 Å². The zero-order valence-corrected chi connectivity index (χ0v) is 13.7. The minimum Gasteiger partial charge on any atom is -0.449 e. The van der Waals surface area contributed by atoms with Crippen molar-refractivity contribution >= 4 is 45.5 Å². The van der Waals surface area contributed by atoms with E-state index < -0.39 is 0 Å². The highest BCUT2D eigenvalue weighted by Crippen LogP contribution is 2.36. The van der Waals surface area contributed by atoms with Crippen LogP contribution in [0.3, 0.4) is 0 Å². The van der Waals surface area contributed by atoms with Gasteiger partial charge in [-0.05, 0) is 35.0 Å². The number of nitrogens with zero attached hydrogens (tertiary/aromatic N) is 1. The fraction of sp³-hybridized carbons (Fsp3) is 0. The second-order valence-electron chi connectivity index (χ2n) is 6.36. The number of fused-ring (bicyclic) bond motifs is 5. The average molecular weight is 321 g/mol. The molecule has 3 heteroatoms. The first-order valence-electron chi connectivity index (χ1n) is 8.48. The molecule has 1 N–H and O–H groups in total. The first-order chi connectivity index (χ1) is 12.4. The predicted octanol–water partition coefficient (Wildman–Crippen LogP) is 3.91. The van der Waals surface area contributed by atoms with Gasteiger partial charge in [0.05, 0.1) is 11.0 Å². The highest BCUT2D eigenvalue weighted by Gasteiger charge is 2.14. The van der Waals surface area contributed by atoms with Crippen LogP contribution in [0.5, 0.6) is 0 Å². The third-order valence-electron chi connectivity index (χ3n) is 4.94. The zero-order valence-electron chi connectivity index (χ0n) is 13.7. The van der Waals surface area contributed by atoms with E-state index in [2.05, 4.69) is 77.4 Å². The maximum absolute atomic E-state index is 9.31. The van der Waals surface area contributed by atoms with Crippen LogP contribution in [-0.2, 0) is 0 Å². The van der Waals surface area contributed by atoms with Crippen molar-refractivity contribution in [3.8, 4) is 5.69 Å². The van der Waals surface area contributed by atoms with Gasteiger partial charge in [-0.25, -0.2) is 0 Å². The molecule has 0 saturated carbocycles. The average Bonchev–Trinajstić information content (AvgIpc) is 3.03. The Morgan fingerprint density at radius 1 is 0.640 bits per heavy atom. The van der Waals surface area contributed by atoms with Crippen molar-refractivity contribution in [2.24, 2.45) is 0 Å². The van der Waals surface area contributed by atoms with Crippen molar-refractivity contribution in [1.82, 2.24) is 4.57 Å². The summed E-state index contributed by atoms with van der Waals surface area (Å²) in [4.78, 5) is 0. The Bertz CT molecular complexity index is 1220. The van der Waals surface area contributed by atoms with Crippen LogP contribution < -0.4 is 5.46 Å². The van der Waals surface area contributed by atoms with Crippen LogP contribution in [0.15, 0.2) is 84.9 Å². The second kappa shape index (κ2) is 5.50. The number of aromatic nitrogens is 1. The van der Waals surface area contributed by atoms with Crippen LogP contribution in [0.25, 0.3) is 38.3 Å². The highest BCUT2D eigenvalue weighted by atomic mass is 16.2. The molecule has 0 fully saturated rings. The lowest BCUT2D eigenvalue weighted by atomic mass is 9.89. The van der Waals surface area contributed by atoms with Gasteiger partial charge >= 0.3 is 7.48 Å². The number of benzene rings is 4. The lowest BCUT2D eigenvalue weighted by molar-refractivity contribution is 0.615. The normalized spacial score (nSPS) is 11.4. The summed E-state index contributed by atoms with van der Waals surface area (Å²) < 4.78 is 2.30. The molecule has 25 heavy (non-hydrogen) atoms. The Morgan fingerprint density at radius 2 is 1.36 bits per heavy atom. The van der Waals surface area contributed by atoms with Crippen LogP contribution in [0.1, 0.15) is 0 Å². The molecule has 0 aliphatic rings. The van der Waals surface area contributed by atoms with Crippen LogP contribution in [0, 0.1) is 0 Å². The summed E-state index contributed by atoms with van der Waals surface area (Å²) in [5, 5.41) is 14.4. The van der Waals surface area contributed by atoms with Gasteiger partial charge in [0, 0.05) is 16.5 Å². The maximum Gasteiger partial charge on any atom is 0.304 e. The van der Waals surface area contributed by atoms with Crippen LogP contribution in [0.4, 0.5) is 0 Å². The van der Waals surface area contributed by atoms with Gasteiger partial charge < -0.3 is 9.59 Å². The Kier molecular flexibility index (Phi) is 3.15. The molecule has 5 aromatic rings. The van der Waals surface area contributed by atoms with Crippen molar-refractivity contribution in [2.45, 2.75) is 0 Å². The molecule has 5 rings (SSSR count). The maximum atomic E-state index is 9.31. The topological polar surface area (TPSA) is 25.2 Å². The number of para-hydroxylation sites is 1. The minimum atomic E-state index is 0.0676. The monoisotopic (exact) mass is 321 g/mol. The van der Waals surface area contributed by atoms with Crippen molar-refractivity contribution in [1.29, 1.82) is 0 Å². The van der Waals surface area contributed by atoms with Gasteiger partial charge in [-0.2, -0.15) is 0 Å². The van der Waals surface area contributed by atoms with Gasteiger partial charge in [0.25, 0.3) is 0 Å². The molecule has 0 spiro atoms. The summed E-state index contributed by atoms with van der Waals surface area (Å²) in [5.74, 6) is 0. The Morgan fingerprint density at radius 3 is 2.16 bits per heavy atom. The zero-order chi connectivity index (χ0) is 16.8. The second-order valence-corrected chi connectivity index (χ2v) is 6.36. The van der Waals surface area contributed by atoms with E-state index >= 15 is 0 Å². The molecular formula is C22H16BNO. The fourth-order valence-electron chi connectivity index (χ4n) is 3.77. The first kappa shape index (κ1) is 14.3. The van der Waals surface area contributed by atoms with E-state index in [-0.39, 0.29) is 7.48 Å². The summed E-state index contributed by atoms with van der Waals surface area (Å²) in [6, 6.07) is 29.6. The highest BCUT2D eigenvalue weighted by molar-refractivity contribution is 6.45. The fourth-order valence-corrected chi connectivity index (χ4v) is 3.77. The van der Waals surface area contributed by atoms with Gasteiger partial charge in [-0.3, -0.25) is 0 Å². The quantitative estimate of drug-likeness (QED) is 0.490. The van der Waals surface area contributed by atoms with Crippen molar-refractivity contribution < 1.29 is 5.02 Å². The summed E-state index contributed by atoms with van der Waals surface area (Å²) in [7, 11) is 0.0676. The van der Waals surface area contributed by atoms with Crippen molar-refractivity contribution in [3.05, 3.63) is 84.9 Å². The molecule has 0 amide bonds. The molecule has 0 aliphatic carbocycles. The van der Waals surface area contributed by atoms with Crippen LogP contribution in [0.2, 0.25) is 0 Å². The molecule has 0 bridgehead atoms. The third-order valence-corrected chi connectivity index (χ3v) is 4.94. The molecule has 0 unspecified atom stereocenters. The lowest BCUT2D eigenvalue weighted by Crippen LogP contribution is -2.12. The van der Waals surface area contributed by atoms with Gasteiger partial charge in [0.1, 0.15) is 0 Å². The molecule has 2 nitrogen and oxygen atoms in total. The largest absolute Gasteiger partial charge is 0.449 e. The van der Waals surface area contributed by atoms with E-state index in [4.69, 9.17) is 0 Å². The number of hydrogen-bond donors (Lipinski definition) is 1. The van der Waals surface area contributed by atoms with E-state index in [0.717, 1.165) is 11.2 Å². The molecule has 0 saturated heterocycles. The Hall–Kier alpha value is -3.04. The van der Waals surface area contributed by atoms with E-state index in [1.54, 1.807) is 0 Å². The van der Waals surface area contributed by atoms with Gasteiger partial charge in [-0.15, -0.1) is 0 Å². The molecule has 1 heterocycles. The molecule has 0 radical (unpaired) electrons. The SMILES string of the molecule is OBc1ccc(-n2c3ccccc3c3c4ccccc4ccc32)cc1. The Balaban J connectivity index is 1.95. The summed E-state index contributed by atoms with van der Waals surface area (Å²) in [6.45, 7) is 0. The molecule has 0 aliphatic heterocycles. The standard InChI is InChI=1S/C22H16BNO/c25-23-16-10-12-17(13-11-16)24-20-8-4-3-7-19(20)22-18-6-2-1-5-15(18)9-14-21(22)24/h1-14,23,25H. The van der Waals surface area contributed by atoms with Crippen LogP contribution >= 0.6 is 0 Å². The predicted molar refractivity (Wildman–Crippen MR) is 107 cm³/mol. The van der Waals surface area contributed by atoms with E-state index in [1.807, 2.05) is 12.1 Å². The number of hydrogen-bond acceptors (Lipinski definition) is 1. The molecule has 1 aromatic heterocycles. The van der Waals surface area contributed by atoms with E-state index in [9.17, 15) is 5.02 Å². The Labute approximate surface area is 146 Å². The summed E-state index contributed by atoms with van der Waals surface area (Å²) in [5.41, 5.74) is 4.44. The number of rotatable bonds is 2.